The molecule has 1 rings (SSSR count). The fourth-order valence-corrected chi connectivity index (χ4v) is 1.62. The number of carbonyl (C=O) groups is 2. The van der Waals surface area contributed by atoms with Gasteiger partial charge in [0.2, 0.25) is 5.91 Å². The third-order valence-electron chi connectivity index (χ3n) is 2.76. The fourth-order valence-electron chi connectivity index (χ4n) is 1.62. The van der Waals surface area contributed by atoms with Crippen LogP contribution < -0.4 is 10.7 Å². The lowest BCUT2D eigenvalue weighted by molar-refractivity contribution is -0.167. The molecule has 1 aromatic carbocycles. The van der Waals surface area contributed by atoms with Crippen molar-refractivity contribution in [3.8, 4) is 0 Å². The topological polar surface area (TPSA) is 70.6 Å². The van der Waals surface area contributed by atoms with Crippen LogP contribution in [0, 0.1) is 5.92 Å². The van der Waals surface area contributed by atoms with Crippen LogP contribution in [0.25, 0.3) is 0 Å². The zero-order valence-corrected chi connectivity index (χ0v) is 13.0. The lowest BCUT2D eigenvalue weighted by atomic mass is 10.1. The van der Waals surface area contributed by atoms with Crippen molar-refractivity contribution < 1.29 is 22.8 Å². The maximum Gasteiger partial charge on any atom is 0.471 e. The molecule has 0 saturated heterocycles. The number of amides is 2. The maximum atomic E-state index is 12.1. The number of nitrogens with one attached hydrogen (secondary N) is 2. The Morgan fingerprint density at radius 2 is 1.74 bits per heavy atom. The van der Waals surface area contributed by atoms with Crippen LogP contribution in [-0.4, -0.2) is 23.7 Å². The van der Waals surface area contributed by atoms with Gasteiger partial charge in [-0.15, -0.1) is 0 Å². The monoisotopic (exact) mass is 329 g/mol. The van der Waals surface area contributed by atoms with Crippen LogP contribution in [-0.2, 0) is 9.59 Å². The molecule has 0 atom stereocenters. The molecule has 0 fully saturated rings. The van der Waals surface area contributed by atoms with Crippen LogP contribution in [0.2, 0.25) is 0 Å². The summed E-state index contributed by atoms with van der Waals surface area (Å²) in [6.45, 7) is 5.47. The van der Waals surface area contributed by atoms with Gasteiger partial charge >= 0.3 is 12.1 Å². The summed E-state index contributed by atoms with van der Waals surface area (Å²) in [6, 6.07) is 5.65. The third-order valence-corrected chi connectivity index (χ3v) is 2.76. The molecule has 0 saturated carbocycles. The maximum absolute atomic E-state index is 12.1. The smallest absolute Gasteiger partial charge is 0.318 e. The summed E-state index contributed by atoms with van der Waals surface area (Å²) >= 11 is 0. The minimum absolute atomic E-state index is 0.0210. The highest BCUT2D eigenvalue weighted by atomic mass is 19.4. The van der Waals surface area contributed by atoms with E-state index in [1.54, 1.807) is 12.2 Å². The number of rotatable bonds is 5. The predicted octanol–water partition coefficient (Wildman–Crippen LogP) is 3.07. The normalized spacial score (nSPS) is 12.2. The standard InChI is InChI=1S/C15H18F3N3O2/c1-9(2)8-13(22)21-20-10(3)11-4-6-12(7-5-11)19-14(23)15(16,17)18/h4-7,9H,8H2,1-3H3,(H,19,23)(H,21,22)/b20-10-. The van der Waals surface area contributed by atoms with Gasteiger partial charge in [0.15, 0.2) is 0 Å². The predicted molar refractivity (Wildman–Crippen MR) is 80.9 cm³/mol. The van der Waals surface area contributed by atoms with Gasteiger partial charge in [-0.25, -0.2) is 5.43 Å². The number of anilines is 1. The molecule has 0 aliphatic heterocycles. The van der Waals surface area contributed by atoms with E-state index in [9.17, 15) is 22.8 Å². The van der Waals surface area contributed by atoms with Gasteiger partial charge < -0.3 is 5.32 Å². The van der Waals surface area contributed by atoms with Gasteiger partial charge in [0.1, 0.15) is 0 Å². The van der Waals surface area contributed by atoms with Gasteiger partial charge in [-0.05, 0) is 30.5 Å². The van der Waals surface area contributed by atoms with Crippen LogP contribution in [0.4, 0.5) is 18.9 Å². The zero-order chi connectivity index (χ0) is 17.6. The van der Waals surface area contributed by atoms with Gasteiger partial charge in [-0.2, -0.15) is 18.3 Å². The minimum atomic E-state index is -4.93. The first-order chi connectivity index (χ1) is 10.6. The molecule has 5 nitrogen and oxygen atoms in total. The number of hydrogen-bond donors (Lipinski definition) is 2. The highest BCUT2D eigenvalue weighted by Gasteiger charge is 2.38. The van der Waals surface area contributed by atoms with Crippen molar-refractivity contribution in [2.24, 2.45) is 11.0 Å². The summed E-state index contributed by atoms with van der Waals surface area (Å²) in [5, 5.41) is 5.67. The molecule has 0 heterocycles. The van der Waals surface area contributed by atoms with E-state index in [0.29, 0.717) is 17.7 Å². The number of carbonyl (C=O) groups excluding carboxylic acids is 2. The average Bonchev–Trinajstić information content (AvgIpc) is 2.43. The van der Waals surface area contributed by atoms with Crippen molar-refractivity contribution in [2.45, 2.75) is 33.4 Å². The van der Waals surface area contributed by atoms with Crippen molar-refractivity contribution in [1.29, 1.82) is 0 Å². The summed E-state index contributed by atoms with van der Waals surface area (Å²) in [4.78, 5) is 22.3. The number of alkyl halides is 3. The van der Waals surface area contributed by atoms with Gasteiger partial charge in [-0.1, -0.05) is 26.0 Å². The van der Waals surface area contributed by atoms with Crippen LogP contribution in [0.5, 0.6) is 0 Å². The largest absolute Gasteiger partial charge is 0.471 e. The second-order valence-corrected chi connectivity index (χ2v) is 5.36. The van der Waals surface area contributed by atoms with Crippen molar-refractivity contribution in [1.82, 2.24) is 5.43 Å². The fraction of sp³-hybridized carbons (Fsp3) is 0.400. The van der Waals surface area contributed by atoms with Crippen LogP contribution in [0.15, 0.2) is 29.4 Å². The molecule has 0 bridgehead atoms. The van der Waals surface area contributed by atoms with Crippen molar-refractivity contribution in [3.63, 3.8) is 0 Å². The first-order valence-corrected chi connectivity index (χ1v) is 6.91. The zero-order valence-electron chi connectivity index (χ0n) is 13.0. The Bertz CT molecular complexity index is 593. The summed E-state index contributed by atoms with van der Waals surface area (Å²) < 4.78 is 36.4. The number of halogens is 3. The van der Waals surface area contributed by atoms with E-state index in [0.717, 1.165) is 0 Å². The second-order valence-electron chi connectivity index (χ2n) is 5.36. The SMILES string of the molecule is C/C(=N/NC(=O)CC(C)C)c1ccc(NC(=O)C(F)(F)F)cc1. The van der Waals surface area contributed by atoms with E-state index in [2.05, 4.69) is 10.5 Å². The van der Waals surface area contributed by atoms with E-state index in [1.165, 1.54) is 24.3 Å². The van der Waals surface area contributed by atoms with E-state index >= 15 is 0 Å². The van der Waals surface area contributed by atoms with Crippen molar-refractivity contribution in [3.05, 3.63) is 29.8 Å². The average molecular weight is 329 g/mol. The highest BCUT2D eigenvalue weighted by molar-refractivity contribution is 6.00. The molecule has 0 spiro atoms. The van der Waals surface area contributed by atoms with E-state index in [-0.39, 0.29) is 17.5 Å². The first kappa shape index (κ1) is 18.7. The number of hydrazone groups is 1. The first-order valence-electron chi connectivity index (χ1n) is 6.91. The van der Waals surface area contributed by atoms with Gasteiger partial charge in [0, 0.05) is 12.1 Å². The molecule has 1 aromatic rings. The summed E-state index contributed by atoms with van der Waals surface area (Å²) in [6.07, 6.45) is -4.59. The molecule has 2 N–H and O–H groups in total. The number of benzene rings is 1. The Morgan fingerprint density at radius 1 is 1.17 bits per heavy atom. The molecule has 126 valence electrons. The lowest BCUT2D eigenvalue weighted by Gasteiger charge is -2.09. The molecule has 8 heteroatoms. The van der Waals surface area contributed by atoms with Gasteiger partial charge in [0.05, 0.1) is 5.71 Å². The minimum Gasteiger partial charge on any atom is -0.318 e. The lowest BCUT2D eigenvalue weighted by Crippen LogP contribution is -2.29. The van der Waals surface area contributed by atoms with E-state index in [1.807, 2.05) is 13.8 Å². The summed E-state index contributed by atoms with van der Waals surface area (Å²) in [5.74, 6) is -2.04. The summed E-state index contributed by atoms with van der Waals surface area (Å²) in [7, 11) is 0. The van der Waals surface area contributed by atoms with E-state index in [4.69, 9.17) is 0 Å². The van der Waals surface area contributed by atoms with Crippen molar-refractivity contribution >= 4 is 23.2 Å². The van der Waals surface area contributed by atoms with Crippen LogP contribution in [0.1, 0.15) is 32.8 Å². The number of hydrogen-bond acceptors (Lipinski definition) is 3. The molecular weight excluding hydrogens is 311 g/mol. The Morgan fingerprint density at radius 3 is 2.22 bits per heavy atom. The Hall–Kier alpha value is -2.38. The van der Waals surface area contributed by atoms with E-state index < -0.39 is 12.1 Å². The Kier molecular flexibility index (Phi) is 6.29. The molecule has 0 unspecified atom stereocenters. The molecular formula is C15H18F3N3O2. The van der Waals surface area contributed by atoms with Crippen molar-refractivity contribution in [2.75, 3.05) is 5.32 Å². The third kappa shape index (κ3) is 6.50. The van der Waals surface area contributed by atoms with Gasteiger partial charge in [-0.3, -0.25) is 9.59 Å². The number of nitrogens with zero attached hydrogens (tertiary/aromatic N) is 1. The molecule has 2 amide bonds. The Balaban J connectivity index is 2.69. The molecule has 0 aliphatic carbocycles. The Labute approximate surface area is 132 Å². The highest BCUT2D eigenvalue weighted by Crippen LogP contribution is 2.18. The van der Waals surface area contributed by atoms with Gasteiger partial charge in [0.25, 0.3) is 0 Å². The molecule has 23 heavy (non-hydrogen) atoms. The molecule has 0 aromatic heterocycles. The molecule has 0 radical (unpaired) electrons. The summed E-state index contributed by atoms with van der Waals surface area (Å²) in [5.41, 5.74) is 3.54. The van der Waals surface area contributed by atoms with Crippen LogP contribution in [0.3, 0.4) is 0 Å². The second kappa shape index (κ2) is 7.75. The molecule has 0 aliphatic rings. The quantitative estimate of drug-likeness (QED) is 0.644. The van der Waals surface area contributed by atoms with Crippen LogP contribution >= 0.6 is 0 Å².